The number of rotatable bonds is 4. The van der Waals surface area contributed by atoms with Crippen LogP contribution < -0.4 is 5.32 Å². The fourth-order valence-corrected chi connectivity index (χ4v) is 5.32. The van der Waals surface area contributed by atoms with E-state index in [9.17, 15) is 13.2 Å². The van der Waals surface area contributed by atoms with Crippen LogP contribution in [0.25, 0.3) is 0 Å². The van der Waals surface area contributed by atoms with Crippen molar-refractivity contribution in [1.82, 2.24) is 4.31 Å². The first kappa shape index (κ1) is 19.4. The SMILES string of the molecule is Cc1ccc(S(=O)(=O)N2CCCC2C(=O)Nc2ccc(Br)cc2Cl)cc1. The summed E-state index contributed by atoms with van der Waals surface area (Å²) in [6, 6.07) is 11.0. The zero-order chi connectivity index (χ0) is 18.9. The van der Waals surface area contributed by atoms with E-state index in [0.29, 0.717) is 30.1 Å². The Balaban J connectivity index is 1.83. The number of sulfonamides is 1. The first-order valence-electron chi connectivity index (χ1n) is 8.13. The lowest BCUT2D eigenvalue weighted by Crippen LogP contribution is -2.43. The largest absolute Gasteiger partial charge is 0.323 e. The highest BCUT2D eigenvalue weighted by Crippen LogP contribution is 2.29. The van der Waals surface area contributed by atoms with Gasteiger partial charge in [0.25, 0.3) is 0 Å². The van der Waals surface area contributed by atoms with Crippen molar-refractivity contribution in [2.24, 2.45) is 0 Å². The van der Waals surface area contributed by atoms with Gasteiger partial charge in [0.05, 0.1) is 15.6 Å². The molecule has 0 radical (unpaired) electrons. The van der Waals surface area contributed by atoms with E-state index in [0.717, 1.165) is 10.0 Å². The number of benzene rings is 2. The van der Waals surface area contributed by atoms with Crippen molar-refractivity contribution in [3.05, 3.63) is 57.5 Å². The number of aryl methyl sites for hydroxylation is 1. The summed E-state index contributed by atoms with van der Waals surface area (Å²) in [5.74, 6) is -0.373. The Bertz CT molecular complexity index is 932. The summed E-state index contributed by atoms with van der Waals surface area (Å²) in [6.07, 6.45) is 1.11. The van der Waals surface area contributed by atoms with E-state index in [2.05, 4.69) is 21.2 Å². The van der Waals surface area contributed by atoms with Crippen LogP contribution in [0.4, 0.5) is 5.69 Å². The number of hydrogen-bond donors (Lipinski definition) is 1. The van der Waals surface area contributed by atoms with E-state index in [1.807, 2.05) is 6.92 Å². The lowest BCUT2D eigenvalue weighted by molar-refractivity contribution is -0.119. The van der Waals surface area contributed by atoms with Gasteiger partial charge in [0.15, 0.2) is 0 Å². The molecule has 0 saturated carbocycles. The molecule has 3 rings (SSSR count). The van der Waals surface area contributed by atoms with Crippen LogP contribution >= 0.6 is 27.5 Å². The van der Waals surface area contributed by atoms with Crippen molar-refractivity contribution in [1.29, 1.82) is 0 Å². The highest BCUT2D eigenvalue weighted by atomic mass is 79.9. The smallest absolute Gasteiger partial charge is 0.243 e. The second-order valence-electron chi connectivity index (χ2n) is 6.20. The Labute approximate surface area is 166 Å². The summed E-state index contributed by atoms with van der Waals surface area (Å²) < 4.78 is 28.0. The Morgan fingerprint density at radius 2 is 1.92 bits per heavy atom. The molecule has 1 aliphatic rings. The van der Waals surface area contributed by atoms with Crippen LogP contribution in [0.1, 0.15) is 18.4 Å². The van der Waals surface area contributed by atoms with Crippen LogP contribution in [0, 0.1) is 6.92 Å². The van der Waals surface area contributed by atoms with E-state index in [1.54, 1.807) is 42.5 Å². The monoisotopic (exact) mass is 456 g/mol. The Kier molecular flexibility index (Phi) is 5.72. The van der Waals surface area contributed by atoms with Crippen molar-refractivity contribution in [3.63, 3.8) is 0 Å². The Hall–Kier alpha value is -1.41. The van der Waals surface area contributed by atoms with Gasteiger partial charge in [-0.25, -0.2) is 8.42 Å². The number of hydrogen-bond acceptors (Lipinski definition) is 3. The van der Waals surface area contributed by atoms with Gasteiger partial charge in [-0.2, -0.15) is 4.31 Å². The van der Waals surface area contributed by atoms with Crippen molar-refractivity contribution in [2.45, 2.75) is 30.7 Å². The molecule has 2 aromatic rings. The third-order valence-corrected chi connectivity index (χ3v) is 7.05. The molecule has 1 unspecified atom stereocenters. The molecule has 0 aliphatic carbocycles. The van der Waals surface area contributed by atoms with Gasteiger partial charge in [0.1, 0.15) is 6.04 Å². The predicted octanol–water partition coefficient (Wildman–Crippen LogP) is 4.20. The number of anilines is 1. The molecule has 2 aromatic carbocycles. The Morgan fingerprint density at radius 1 is 1.23 bits per heavy atom. The lowest BCUT2D eigenvalue weighted by Gasteiger charge is -2.23. The predicted molar refractivity (Wildman–Crippen MR) is 106 cm³/mol. The van der Waals surface area contributed by atoms with E-state index in [1.165, 1.54) is 4.31 Å². The second kappa shape index (κ2) is 7.68. The van der Waals surface area contributed by atoms with Gasteiger partial charge in [-0.15, -0.1) is 0 Å². The molecule has 0 bridgehead atoms. The van der Waals surface area contributed by atoms with Crippen LogP contribution in [0.3, 0.4) is 0 Å². The Morgan fingerprint density at radius 3 is 2.58 bits per heavy atom. The summed E-state index contributed by atoms with van der Waals surface area (Å²) in [6.45, 7) is 2.22. The summed E-state index contributed by atoms with van der Waals surface area (Å²) in [7, 11) is -3.73. The zero-order valence-corrected chi connectivity index (χ0v) is 17.2. The van der Waals surface area contributed by atoms with E-state index in [-0.39, 0.29) is 10.8 Å². The van der Waals surface area contributed by atoms with Crippen LogP contribution in [0.15, 0.2) is 51.8 Å². The summed E-state index contributed by atoms with van der Waals surface area (Å²) in [5, 5.41) is 3.13. The molecule has 1 atom stereocenters. The normalized spacial score (nSPS) is 18.0. The molecule has 1 fully saturated rings. The average Bonchev–Trinajstić information content (AvgIpc) is 3.08. The van der Waals surface area contributed by atoms with Gasteiger partial charge in [0.2, 0.25) is 15.9 Å². The molecular weight excluding hydrogens is 440 g/mol. The fourth-order valence-electron chi connectivity index (χ4n) is 2.94. The van der Waals surface area contributed by atoms with Gasteiger partial charge < -0.3 is 5.32 Å². The highest BCUT2D eigenvalue weighted by Gasteiger charge is 2.39. The molecule has 138 valence electrons. The van der Waals surface area contributed by atoms with Crippen molar-refractivity contribution < 1.29 is 13.2 Å². The molecule has 1 heterocycles. The molecule has 1 N–H and O–H groups in total. The van der Waals surface area contributed by atoms with Crippen molar-refractivity contribution in [2.75, 3.05) is 11.9 Å². The number of amides is 1. The molecule has 1 saturated heterocycles. The lowest BCUT2D eigenvalue weighted by atomic mass is 10.2. The maximum Gasteiger partial charge on any atom is 0.243 e. The maximum atomic E-state index is 12.9. The van der Waals surface area contributed by atoms with E-state index >= 15 is 0 Å². The van der Waals surface area contributed by atoms with Gasteiger partial charge in [-0.3, -0.25) is 4.79 Å². The molecule has 1 amide bonds. The number of nitrogens with zero attached hydrogens (tertiary/aromatic N) is 1. The first-order chi connectivity index (χ1) is 12.3. The summed E-state index contributed by atoms with van der Waals surface area (Å²) in [5.41, 5.74) is 1.43. The number of halogens is 2. The summed E-state index contributed by atoms with van der Waals surface area (Å²) >= 11 is 9.45. The quantitative estimate of drug-likeness (QED) is 0.748. The fraction of sp³-hybridized carbons (Fsp3) is 0.278. The van der Waals surface area contributed by atoms with Gasteiger partial charge in [0, 0.05) is 11.0 Å². The molecule has 5 nitrogen and oxygen atoms in total. The molecule has 0 aromatic heterocycles. The molecule has 26 heavy (non-hydrogen) atoms. The maximum absolute atomic E-state index is 12.9. The minimum absolute atomic E-state index is 0.199. The molecule has 8 heteroatoms. The van der Waals surface area contributed by atoms with Gasteiger partial charge in [-0.1, -0.05) is 45.2 Å². The van der Waals surface area contributed by atoms with Crippen LogP contribution in [0.2, 0.25) is 5.02 Å². The highest BCUT2D eigenvalue weighted by molar-refractivity contribution is 9.10. The molecular formula is C18H18BrClN2O3S. The third kappa shape index (κ3) is 3.96. The van der Waals surface area contributed by atoms with Gasteiger partial charge in [-0.05, 0) is 50.1 Å². The first-order valence-corrected chi connectivity index (χ1v) is 10.7. The van der Waals surface area contributed by atoms with Crippen molar-refractivity contribution >= 4 is 49.1 Å². The van der Waals surface area contributed by atoms with Crippen LogP contribution in [-0.4, -0.2) is 31.2 Å². The third-order valence-electron chi connectivity index (χ3n) is 4.32. The average molecular weight is 458 g/mol. The second-order valence-corrected chi connectivity index (χ2v) is 9.41. The summed E-state index contributed by atoms with van der Waals surface area (Å²) in [4.78, 5) is 12.9. The van der Waals surface area contributed by atoms with Gasteiger partial charge >= 0.3 is 0 Å². The minimum Gasteiger partial charge on any atom is -0.323 e. The van der Waals surface area contributed by atoms with Crippen LogP contribution in [0.5, 0.6) is 0 Å². The molecule has 1 aliphatic heterocycles. The number of carbonyl (C=O) groups excluding carboxylic acids is 1. The number of carbonyl (C=O) groups is 1. The number of nitrogens with one attached hydrogen (secondary N) is 1. The topological polar surface area (TPSA) is 66.5 Å². The molecule has 0 spiro atoms. The minimum atomic E-state index is -3.73. The van der Waals surface area contributed by atoms with E-state index < -0.39 is 16.1 Å². The zero-order valence-electron chi connectivity index (χ0n) is 14.1. The van der Waals surface area contributed by atoms with Crippen LogP contribution in [-0.2, 0) is 14.8 Å². The standard InChI is InChI=1S/C18H18BrClN2O3S/c1-12-4-7-14(8-5-12)26(24,25)22-10-2-3-17(22)18(23)21-16-9-6-13(19)11-15(16)20/h4-9,11,17H,2-3,10H2,1H3,(H,21,23). The van der Waals surface area contributed by atoms with Crippen molar-refractivity contribution in [3.8, 4) is 0 Å². The van der Waals surface area contributed by atoms with E-state index in [4.69, 9.17) is 11.6 Å².